The van der Waals surface area contributed by atoms with E-state index in [0.29, 0.717) is 46.8 Å². The van der Waals surface area contributed by atoms with Crippen LogP contribution in [-0.2, 0) is 16.4 Å². The van der Waals surface area contributed by atoms with Gasteiger partial charge in [-0.05, 0) is 60.2 Å². The molecule has 0 bridgehead atoms. The fourth-order valence-corrected chi connectivity index (χ4v) is 4.95. The van der Waals surface area contributed by atoms with Gasteiger partial charge in [0, 0.05) is 17.3 Å². The summed E-state index contributed by atoms with van der Waals surface area (Å²) in [5.74, 6) is -0.273. The lowest BCUT2D eigenvalue weighted by molar-refractivity contribution is -0.140. The Bertz CT molecular complexity index is 1740. The van der Waals surface area contributed by atoms with Gasteiger partial charge in [0.2, 0.25) is 0 Å². The minimum atomic E-state index is -4.44. The van der Waals surface area contributed by atoms with Crippen molar-refractivity contribution in [2.75, 3.05) is 5.32 Å². The van der Waals surface area contributed by atoms with Crippen molar-refractivity contribution in [1.29, 1.82) is 0 Å². The summed E-state index contributed by atoms with van der Waals surface area (Å²) in [6, 6.07) is 22.2. The van der Waals surface area contributed by atoms with Gasteiger partial charge in [0.05, 0.1) is 22.9 Å². The molecule has 5 aromatic rings. The maximum atomic E-state index is 13.2. The van der Waals surface area contributed by atoms with Crippen LogP contribution in [0.1, 0.15) is 29.7 Å². The van der Waals surface area contributed by atoms with E-state index in [1.807, 2.05) is 48.5 Å². The molecule has 2 N–H and O–H groups in total. The number of rotatable bonds is 7. The lowest BCUT2D eigenvalue weighted by atomic mass is 9.93. The standard InChI is InChI=1S/C32H24F3N3O3/c1-19-28(37-27-16-24(17-36-18-27)23-3-2-4-26(15-23)32(33,34)35)29(41-38-19)22-7-5-20(6-8-22)21-9-11-25(12-10-21)31(13-14-31)30(39)40/h2-12,15-18,37H,13-14H2,1H3,(H,39,40). The topological polar surface area (TPSA) is 88.2 Å². The Morgan fingerprint density at radius 2 is 1.54 bits per heavy atom. The normalized spacial score (nSPS) is 14.0. The Labute approximate surface area is 233 Å². The zero-order valence-electron chi connectivity index (χ0n) is 21.9. The molecule has 2 aromatic heterocycles. The summed E-state index contributed by atoms with van der Waals surface area (Å²) in [6.07, 6.45) is -0.0217. The molecule has 0 atom stereocenters. The number of carbonyl (C=O) groups is 1. The highest BCUT2D eigenvalue weighted by Gasteiger charge is 2.51. The molecule has 206 valence electrons. The fourth-order valence-electron chi connectivity index (χ4n) is 4.95. The maximum Gasteiger partial charge on any atom is 0.416 e. The van der Waals surface area contributed by atoms with Crippen molar-refractivity contribution in [1.82, 2.24) is 10.1 Å². The lowest BCUT2D eigenvalue weighted by Gasteiger charge is -2.12. The molecule has 0 spiro atoms. The third-order valence-electron chi connectivity index (χ3n) is 7.47. The number of nitrogens with zero attached hydrogens (tertiary/aromatic N) is 2. The molecule has 0 saturated heterocycles. The molecule has 1 aliphatic rings. The number of alkyl halides is 3. The van der Waals surface area contributed by atoms with E-state index < -0.39 is 23.1 Å². The Morgan fingerprint density at radius 3 is 2.17 bits per heavy atom. The number of halogens is 3. The van der Waals surface area contributed by atoms with Crippen LogP contribution in [-0.4, -0.2) is 21.2 Å². The number of carboxylic acid groups (broad SMARTS) is 1. The Morgan fingerprint density at radius 1 is 0.878 bits per heavy atom. The number of nitrogens with one attached hydrogen (secondary N) is 1. The molecule has 0 aliphatic heterocycles. The maximum absolute atomic E-state index is 13.2. The van der Waals surface area contributed by atoms with Crippen LogP contribution in [0.2, 0.25) is 0 Å². The highest BCUT2D eigenvalue weighted by molar-refractivity contribution is 5.85. The van der Waals surface area contributed by atoms with Crippen molar-refractivity contribution >= 4 is 17.3 Å². The third kappa shape index (κ3) is 5.06. The number of anilines is 2. The lowest BCUT2D eigenvalue weighted by Crippen LogP contribution is -2.19. The number of aliphatic carboxylic acids is 1. The van der Waals surface area contributed by atoms with Crippen molar-refractivity contribution in [2.45, 2.75) is 31.4 Å². The van der Waals surface area contributed by atoms with Crippen LogP contribution in [0.3, 0.4) is 0 Å². The first-order valence-electron chi connectivity index (χ1n) is 12.9. The number of hydrogen-bond acceptors (Lipinski definition) is 5. The van der Waals surface area contributed by atoms with Gasteiger partial charge in [0.25, 0.3) is 0 Å². The smallest absolute Gasteiger partial charge is 0.416 e. The van der Waals surface area contributed by atoms with E-state index in [1.54, 1.807) is 25.3 Å². The average Bonchev–Trinajstić information content (AvgIpc) is 3.72. The van der Waals surface area contributed by atoms with Gasteiger partial charge in [0.15, 0.2) is 5.76 Å². The molecule has 1 aliphatic carbocycles. The van der Waals surface area contributed by atoms with Gasteiger partial charge in [-0.1, -0.05) is 65.8 Å². The molecular formula is C32H24F3N3O3. The fraction of sp³-hybridized carbons (Fsp3) is 0.156. The van der Waals surface area contributed by atoms with E-state index in [1.165, 1.54) is 12.3 Å². The summed E-state index contributed by atoms with van der Waals surface area (Å²) in [6.45, 7) is 1.79. The number of hydrogen-bond donors (Lipinski definition) is 2. The van der Waals surface area contributed by atoms with Gasteiger partial charge in [-0.3, -0.25) is 9.78 Å². The first-order valence-corrected chi connectivity index (χ1v) is 12.9. The van der Waals surface area contributed by atoms with Crippen LogP contribution in [0.15, 0.2) is 95.8 Å². The molecule has 2 heterocycles. The van der Waals surface area contributed by atoms with Gasteiger partial charge < -0.3 is 14.9 Å². The summed E-state index contributed by atoms with van der Waals surface area (Å²) in [7, 11) is 0. The molecule has 6 rings (SSSR count). The molecule has 1 saturated carbocycles. The minimum absolute atomic E-state index is 0.400. The Balaban J connectivity index is 1.23. The zero-order chi connectivity index (χ0) is 28.8. The number of aromatic nitrogens is 2. The highest BCUT2D eigenvalue weighted by atomic mass is 19.4. The number of aryl methyl sites for hydroxylation is 1. The zero-order valence-corrected chi connectivity index (χ0v) is 21.9. The molecule has 0 amide bonds. The summed E-state index contributed by atoms with van der Waals surface area (Å²) in [4.78, 5) is 15.8. The molecule has 0 radical (unpaired) electrons. The van der Waals surface area contributed by atoms with Gasteiger partial charge in [-0.15, -0.1) is 0 Å². The van der Waals surface area contributed by atoms with E-state index in [2.05, 4.69) is 15.5 Å². The molecule has 1 fully saturated rings. The largest absolute Gasteiger partial charge is 0.481 e. The van der Waals surface area contributed by atoms with E-state index >= 15 is 0 Å². The van der Waals surface area contributed by atoms with Crippen molar-refractivity contribution in [3.63, 3.8) is 0 Å². The predicted octanol–water partition coefficient (Wildman–Crippen LogP) is 8.26. The van der Waals surface area contributed by atoms with Crippen molar-refractivity contribution in [3.05, 3.63) is 108 Å². The van der Waals surface area contributed by atoms with Crippen molar-refractivity contribution < 1.29 is 27.6 Å². The van der Waals surface area contributed by atoms with Gasteiger partial charge in [-0.25, -0.2) is 0 Å². The average molecular weight is 556 g/mol. The van der Waals surface area contributed by atoms with Gasteiger partial charge in [-0.2, -0.15) is 13.2 Å². The van der Waals surface area contributed by atoms with Crippen LogP contribution in [0.25, 0.3) is 33.6 Å². The molecule has 41 heavy (non-hydrogen) atoms. The van der Waals surface area contributed by atoms with Crippen LogP contribution < -0.4 is 5.32 Å². The second kappa shape index (κ2) is 9.92. The van der Waals surface area contributed by atoms with Crippen molar-refractivity contribution in [2.24, 2.45) is 0 Å². The molecule has 9 heteroatoms. The van der Waals surface area contributed by atoms with E-state index in [-0.39, 0.29) is 0 Å². The molecule has 3 aromatic carbocycles. The number of pyridine rings is 1. The first kappa shape index (κ1) is 26.3. The van der Waals surface area contributed by atoms with Gasteiger partial charge in [0.1, 0.15) is 11.4 Å². The molecule has 0 unspecified atom stereocenters. The molecular weight excluding hydrogens is 531 g/mol. The second-order valence-electron chi connectivity index (χ2n) is 10.2. The second-order valence-corrected chi connectivity index (χ2v) is 10.2. The number of benzene rings is 3. The first-order chi connectivity index (χ1) is 19.6. The summed E-state index contributed by atoms with van der Waals surface area (Å²) in [5.41, 5.74) is 4.79. The van der Waals surface area contributed by atoms with Crippen LogP contribution in [0, 0.1) is 6.92 Å². The Hall–Kier alpha value is -4.92. The number of carboxylic acids is 1. The van der Waals surface area contributed by atoms with E-state index in [9.17, 15) is 23.1 Å². The molecule has 6 nitrogen and oxygen atoms in total. The Kier molecular flexibility index (Phi) is 6.37. The summed E-state index contributed by atoms with van der Waals surface area (Å²) in [5, 5.41) is 16.9. The van der Waals surface area contributed by atoms with Gasteiger partial charge >= 0.3 is 12.1 Å². The van der Waals surface area contributed by atoms with Crippen LogP contribution in [0.4, 0.5) is 24.5 Å². The van der Waals surface area contributed by atoms with E-state index in [4.69, 9.17) is 4.52 Å². The highest BCUT2D eigenvalue weighted by Crippen LogP contribution is 2.48. The van der Waals surface area contributed by atoms with E-state index in [0.717, 1.165) is 34.4 Å². The van der Waals surface area contributed by atoms with Crippen LogP contribution >= 0.6 is 0 Å². The SMILES string of the molecule is Cc1noc(-c2ccc(-c3ccc(C4(C(=O)O)CC4)cc3)cc2)c1Nc1cncc(-c2cccc(C(F)(F)F)c2)c1. The van der Waals surface area contributed by atoms with Crippen LogP contribution in [0.5, 0.6) is 0 Å². The predicted molar refractivity (Wildman–Crippen MR) is 149 cm³/mol. The van der Waals surface area contributed by atoms with Crippen molar-refractivity contribution in [3.8, 4) is 33.6 Å². The summed E-state index contributed by atoms with van der Waals surface area (Å²) >= 11 is 0. The summed E-state index contributed by atoms with van der Waals surface area (Å²) < 4.78 is 45.3. The third-order valence-corrected chi connectivity index (χ3v) is 7.47. The monoisotopic (exact) mass is 555 g/mol. The minimum Gasteiger partial charge on any atom is -0.481 e. The quantitative estimate of drug-likeness (QED) is 0.210.